The van der Waals surface area contributed by atoms with Crippen LogP contribution in [0.5, 0.6) is 0 Å². The third kappa shape index (κ3) is 3.90. The summed E-state index contributed by atoms with van der Waals surface area (Å²) in [4.78, 5) is 10.0. The van der Waals surface area contributed by atoms with E-state index in [0.717, 1.165) is 11.1 Å². The minimum Gasteiger partial charge on any atom is -0.282 e. The Hall–Kier alpha value is -2.25. The molecule has 0 aromatic heterocycles. The molecule has 1 N–H and O–H groups in total. The minimum atomic E-state index is -4.26. The summed E-state index contributed by atoms with van der Waals surface area (Å²) in [5, 5.41) is 10.6. The Morgan fingerprint density at radius 2 is 1.73 bits per heavy atom. The predicted octanol–water partition coefficient (Wildman–Crippen LogP) is 2.94. The van der Waals surface area contributed by atoms with Gasteiger partial charge in [0.25, 0.3) is 15.8 Å². The summed E-state index contributed by atoms with van der Waals surface area (Å²) in [7, 11) is -4.26. The first-order valence-corrected chi connectivity index (χ1v) is 8.02. The van der Waals surface area contributed by atoms with E-state index in [9.17, 15) is 23.1 Å². The van der Waals surface area contributed by atoms with Crippen molar-refractivity contribution >= 4 is 15.8 Å². The fourth-order valence-corrected chi connectivity index (χ4v) is 2.95. The normalized spacial score (nSPS) is 11.4. The fraction of sp³-hybridized carbons (Fsp3) is 0.200. The number of nitrogens with zero attached hydrogens (tertiary/aromatic N) is 1. The fourth-order valence-electron chi connectivity index (χ4n) is 2.22. The second-order valence-corrected chi connectivity index (χ2v) is 6.40. The Morgan fingerprint density at radius 1 is 1.09 bits per heavy atom. The van der Waals surface area contributed by atoms with Crippen LogP contribution < -0.4 is 0 Å². The summed E-state index contributed by atoms with van der Waals surface area (Å²) < 4.78 is 32.0. The molecular formula is C15H15NO5S. The molecule has 0 atom stereocenters. The molecular weight excluding hydrogens is 306 g/mol. The van der Waals surface area contributed by atoms with Crippen LogP contribution in [0.1, 0.15) is 16.7 Å². The molecule has 0 saturated carbocycles. The molecule has 2 aromatic rings. The van der Waals surface area contributed by atoms with E-state index in [-0.39, 0.29) is 10.6 Å². The van der Waals surface area contributed by atoms with E-state index in [1.54, 1.807) is 24.3 Å². The maximum absolute atomic E-state index is 11.4. The molecule has 0 aliphatic rings. The summed E-state index contributed by atoms with van der Waals surface area (Å²) in [6.07, 6.45) is 0.929. The molecule has 2 aromatic carbocycles. The van der Waals surface area contributed by atoms with Gasteiger partial charge in [-0.3, -0.25) is 14.7 Å². The second-order valence-electron chi connectivity index (χ2n) is 5.01. The number of nitro benzene ring substituents is 1. The molecule has 0 heterocycles. The van der Waals surface area contributed by atoms with E-state index in [4.69, 9.17) is 0 Å². The van der Waals surface area contributed by atoms with Crippen molar-refractivity contribution in [2.75, 3.05) is 0 Å². The Morgan fingerprint density at radius 3 is 2.27 bits per heavy atom. The zero-order valence-electron chi connectivity index (χ0n) is 11.9. The quantitative estimate of drug-likeness (QED) is 0.519. The third-order valence-electron chi connectivity index (χ3n) is 3.32. The number of aryl methyl sites for hydroxylation is 3. The molecule has 0 fully saturated rings. The molecule has 0 bridgehead atoms. The highest BCUT2D eigenvalue weighted by atomic mass is 32.2. The van der Waals surface area contributed by atoms with Gasteiger partial charge in [0.15, 0.2) is 0 Å². The number of nitro groups is 1. The summed E-state index contributed by atoms with van der Waals surface area (Å²) in [6.45, 7) is 1.84. The lowest BCUT2D eigenvalue weighted by molar-refractivity contribution is -0.384. The monoisotopic (exact) mass is 321 g/mol. The van der Waals surface area contributed by atoms with Crippen LogP contribution in [-0.4, -0.2) is 17.9 Å². The van der Waals surface area contributed by atoms with E-state index >= 15 is 0 Å². The van der Waals surface area contributed by atoms with Crippen LogP contribution in [-0.2, 0) is 23.0 Å². The molecule has 0 radical (unpaired) electrons. The summed E-state index contributed by atoms with van der Waals surface area (Å²) >= 11 is 0. The van der Waals surface area contributed by atoms with Crippen molar-refractivity contribution < 1.29 is 17.9 Å². The molecule has 7 heteroatoms. The molecule has 0 aliphatic heterocycles. The lowest BCUT2D eigenvalue weighted by Crippen LogP contribution is -2.05. The van der Waals surface area contributed by atoms with Crippen molar-refractivity contribution in [3.63, 3.8) is 0 Å². The largest absolute Gasteiger partial charge is 0.294 e. The van der Waals surface area contributed by atoms with Gasteiger partial charge in [0, 0.05) is 12.1 Å². The van der Waals surface area contributed by atoms with Gasteiger partial charge < -0.3 is 0 Å². The minimum absolute atomic E-state index is 0.0120. The predicted molar refractivity (Wildman–Crippen MR) is 81.5 cm³/mol. The van der Waals surface area contributed by atoms with Gasteiger partial charge in [0.1, 0.15) is 0 Å². The number of non-ortho nitro benzene ring substituents is 1. The molecule has 2 rings (SSSR count). The molecule has 0 amide bonds. The van der Waals surface area contributed by atoms with Crippen molar-refractivity contribution in [3.05, 3.63) is 69.3 Å². The van der Waals surface area contributed by atoms with Crippen molar-refractivity contribution in [1.82, 2.24) is 0 Å². The average molecular weight is 321 g/mol. The van der Waals surface area contributed by atoms with Crippen LogP contribution in [0.3, 0.4) is 0 Å². The smallest absolute Gasteiger partial charge is 0.282 e. The lowest BCUT2D eigenvalue weighted by Gasteiger charge is -2.08. The molecule has 0 unspecified atom stereocenters. The van der Waals surface area contributed by atoms with E-state index in [2.05, 4.69) is 0 Å². The average Bonchev–Trinajstić information content (AvgIpc) is 2.44. The summed E-state index contributed by atoms with van der Waals surface area (Å²) in [5.74, 6) is 0. The van der Waals surface area contributed by atoms with Crippen molar-refractivity contribution in [2.45, 2.75) is 24.7 Å². The van der Waals surface area contributed by atoms with Crippen LogP contribution in [0.15, 0.2) is 47.4 Å². The highest BCUT2D eigenvalue weighted by Crippen LogP contribution is 2.20. The van der Waals surface area contributed by atoms with Crippen molar-refractivity contribution in [2.24, 2.45) is 0 Å². The molecule has 0 spiro atoms. The van der Waals surface area contributed by atoms with Crippen LogP contribution in [0, 0.1) is 17.0 Å². The number of hydrogen-bond donors (Lipinski definition) is 1. The van der Waals surface area contributed by atoms with E-state index in [0.29, 0.717) is 18.4 Å². The number of rotatable bonds is 5. The Bertz CT molecular complexity index is 797. The van der Waals surface area contributed by atoms with Gasteiger partial charge in [-0.2, -0.15) is 8.42 Å². The van der Waals surface area contributed by atoms with Gasteiger partial charge in [-0.05, 0) is 37.0 Å². The van der Waals surface area contributed by atoms with Crippen molar-refractivity contribution in [3.8, 4) is 0 Å². The summed E-state index contributed by atoms with van der Waals surface area (Å²) in [6, 6.07) is 10.8. The van der Waals surface area contributed by atoms with Gasteiger partial charge in [0.05, 0.1) is 9.82 Å². The van der Waals surface area contributed by atoms with E-state index < -0.39 is 15.0 Å². The van der Waals surface area contributed by atoms with E-state index in [1.165, 1.54) is 18.2 Å². The first-order valence-electron chi connectivity index (χ1n) is 6.58. The highest BCUT2D eigenvalue weighted by Gasteiger charge is 2.15. The zero-order chi connectivity index (χ0) is 16.3. The lowest BCUT2D eigenvalue weighted by atomic mass is 10.0. The second kappa shape index (κ2) is 6.25. The topological polar surface area (TPSA) is 97.5 Å². The van der Waals surface area contributed by atoms with Gasteiger partial charge in [-0.15, -0.1) is 0 Å². The van der Waals surface area contributed by atoms with Gasteiger partial charge in [-0.25, -0.2) is 0 Å². The van der Waals surface area contributed by atoms with Gasteiger partial charge in [0.2, 0.25) is 0 Å². The number of benzene rings is 2. The summed E-state index contributed by atoms with van der Waals surface area (Å²) in [5.41, 5.74) is 2.29. The van der Waals surface area contributed by atoms with Crippen LogP contribution in [0.4, 0.5) is 5.69 Å². The van der Waals surface area contributed by atoms with Gasteiger partial charge in [-0.1, -0.05) is 29.8 Å². The Balaban J connectivity index is 2.21. The SMILES string of the molecule is Cc1ccc(S(=O)(=O)O)c(CCc2ccc([N+](=O)[O-])cc2)c1. The zero-order valence-corrected chi connectivity index (χ0v) is 12.7. The first kappa shape index (κ1) is 16.1. The molecule has 116 valence electrons. The molecule has 0 aliphatic carbocycles. The maximum Gasteiger partial charge on any atom is 0.294 e. The van der Waals surface area contributed by atoms with Crippen LogP contribution in [0.2, 0.25) is 0 Å². The molecule has 6 nitrogen and oxygen atoms in total. The van der Waals surface area contributed by atoms with Crippen LogP contribution in [0.25, 0.3) is 0 Å². The highest BCUT2D eigenvalue weighted by molar-refractivity contribution is 7.85. The van der Waals surface area contributed by atoms with Crippen molar-refractivity contribution in [1.29, 1.82) is 0 Å². The Labute approximate surface area is 128 Å². The maximum atomic E-state index is 11.4. The van der Waals surface area contributed by atoms with E-state index in [1.807, 2.05) is 6.92 Å². The Kier molecular flexibility index (Phi) is 4.58. The standard InChI is InChI=1S/C15H15NO5S/c1-11-2-9-15(22(19,20)21)13(10-11)6-3-12-4-7-14(8-5-12)16(17)18/h2,4-5,7-10H,3,6H2,1H3,(H,19,20,21). The van der Waals surface area contributed by atoms with Crippen LogP contribution >= 0.6 is 0 Å². The number of hydrogen-bond acceptors (Lipinski definition) is 4. The molecule has 0 saturated heterocycles. The first-order chi connectivity index (χ1) is 10.3. The third-order valence-corrected chi connectivity index (χ3v) is 4.28. The van der Waals surface area contributed by atoms with Gasteiger partial charge >= 0.3 is 0 Å². The molecule has 22 heavy (non-hydrogen) atoms.